The summed E-state index contributed by atoms with van der Waals surface area (Å²) in [5, 5.41) is 17.6. The van der Waals surface area contributed by atoms with Crippen LogP contribution in [-0.4, -0.2) is 80.6 Å². The van der Waals surface area contributed by atoms with E-state index in [0.717, 1.165) is 5.56 Å². The second-order valence-corrected chi connectivity index (χ2v) is 15.1. The summed E-state index contributed by atoms with van der Waals surface area (Å²) in [5.41, 5.74) is 2.66. The SMILES string of the molecule is Cn1c(=O)n(C2CCC(=O)NC2=O)c2ccc(C3CCN(C(=O)Cn4cc(-c5ccc6c(F)c(N7CC(=O)NS7(=O)=O)c(O)cc6c5)cn4)CC3)cc21. The molecule has 0 saturated carbocycles. The number of halogens is 1. The molecule has 0 aliphatic carbocycles. The number of aromatic nitrogens is 4. The minimum Gasteiger partial charge on any atom is -0.506 e. The third-order valence-corrected chi connectivity index (χ3v) is 11.7. The molecule has 18 heteroatoms. The monoisotopic (exact) mass is 744 g/mol. The highest BCUT2D eigenvalue weighted by Gasteiger charge is 2.38. The summed E-state index contributed by atoms with van der Waals surface area (Å²) in [6, 6.07) is 10.9. The highest BCUT2D eigenvalue weighted by molar-refractivity contribution is 7.92. The molecule has 0 radical (unpaired) electrons. The third-order valence-electron chi connectivity index (χ3n) is 10.3. The first-order valence-corrected chi connectivity index (χ1v) is 18.4. The number of imidazole rings is 1. The second-order valence-electron chi connectivity index (χ2n) is 13.5. The molecular weight excluding hydrogens is 711 g/mol. The maximum absolute atomic E-state index is 15.5. The number of aryl methyl sites for hydroxylation is 1. The number of rotatable bonds is 6. The number of fused-ring (bicyclic) bond motifs is 2. The minimum absolute atomic E-state index is 0.00395. The summed E-state index contributed by atoms with van der Waals surface area (Å²) in [6.07, 6.45) is 5.10. The zero-order valence-corrected chi connectivity index (χ0v) is 29.1. The molecule has 0 spiro atoms. The Morgan fingerprint density at radius 2 is 1.75 bits per heavy atom. The number of likely N-dealkylation sites (tertiary alicyclic amines) is 1. The number of phenols is 1. The maximum atomic E-state index is 15.5. The molecule has 3 aliphatic heterocycles. The van der Waals surface area contributed by atoms with Crippen molar-refractivity contribution in [3.05, 3.63) is 76.7 Å². The Morgan fingerprint density at radius 3 is 2.47 bits per heavy atom. The number of phenolic OH excluding ortho intramolecular Hbond substituents is 1. The Balaban J connectivity index is 0.929. The molecule has 8 rings (SSSR count). The number of benzene rings is 3. The van der Waals surface area contributed by atoms with Gasteiger partial charge in [-0.1, -0.05) is 18.2 Å². The minimum atomic E-state index is -4.34. The number of imide groups is 1. The van der Waals surface area contributed by atoms with Gasteiger partial charge in [0.2, 0.25) is 17.7 Å². The Morgan fingerprint density at radius 1 is 0.981 bits per heavy atom. The van der Waals surface area contributed by atoms with Crippen LogP contribution >= 0.6 is 0 Å². The van der Waals surface area contributed by atoms with Gasteiger partial charge in [-0.25, -0.2) is 18.2 Å². The van der Waals surface area contributed by atoms with E-state index in [9.17, 15) is 37.5 Å². The summed E-state index contributed by atoms with van der Waals surface area (Å²) in [7, 11) is -2.68. The van der Waals surface area contributed by atoms with Crippen LogP contribution in [0.15, 0.2) is 59.7 Å². The molecular formula is C35H33FN8O8S. The lowest BCUT2D eigenvalue weighted by Gasteiger charge is -2.32. The molecule has 274 valence electrons. The lowest BCUT2D eigenvalue weighted by molar-refractivity contribution is -0.136. The predicted molar refractivity (Wildman–Crippen MR) is 188 cm³/mol. The number of amides is 4. The van der Waals surface area contributed by atoms with E-state index in [4.69, 9.17) is 0 Å². The Bertz CT molecular complexity index is 2570. The van der Waals surface area contributed by atoms with Gasteiger partial charge in [0.15, 0.2) is 5.82 Å². The molecule has 5 heterocycles. The number of carbonyl (C=O) groups is 4. The highest BCUT2D eigenvalue weighted by atomic mass is 32.2. The lowest BCUT2D eigenvalue weighted by Crippen LogP contribution is -2.44. The number of hydrogen-bond donors (Lipinski definition) is 3. The van der Waals surface area contributed by atoms with Gasteiger partial charge in [0.1, 0.15) is 30.6 Å². The molecule has 3 fully saturated rings. The first kappa shape index (κ1) is 34.1. The molecule has 1 atom stereocenters. The van der Waals surface area contributed by atoms with E-state index in [-0.39, 0.29) is 53.6 Å². The summed E-state index contributed by atoms with van der Waals surface area (Å²) in [5.74, 6) is -3.27. The van der Waals surface area contributed by atoms with Gasteiger partial charge < -0.3 is 10.0 Å². The fourth-order valence-corrected chi connectivity index (χ4v) is 8.73. The molecule has 4 amide bonds. The molecule has 5 aromatic rings. The fourth-order valence-electron chi connectivity index (χ4n) is 7.56. The molecule has 16 nitrogen and oxygen atoms in total. The van der Waals surface area contributed by atoms with Crippen LogP contribution in [0, 0.1) is 5.82 Å². The molecule has 1 unspecified atom stereocenters. The number of carbonyl (C=O) groups excluding carboxylic acids is 4. The second kappa shape index (κ2) is 12.6. The first-order chi connectivity index (χ1) is 25.3. The van der Waals surface area contributed by atoms with Crippen molar-refractivity contribution < 1.29 is 37.1 Å². The Labute approximate surface area is 300 Å². The maximum Gasteiger partial charge on any atom is 0.329 e. The van der Waals surface area contributed by atoms with Crippen molar-refractivity contribution in [2.45, 2.75) is 44.2 Å². The van der Waals surface area contributed by atoms with Gasteiger partial charge in [-0.05, 0) is 66.0 Å². The van der Waals surface area contributed by atoms with Crippen LogP contribution in [0.2, 0.25) is 0 Å². The van der Waals surface area contributed by atoms with Crippen molar-refractivity contribution in [1.82, 2.24) is 33.9 Å². The molecule has 0 bridgehead atoms. The van der Waals surface area contributed by atoms with E-state index >= 15 is 4.39 Å². The van der Waals surface area contributed by atoms with Crippen molar-refractivity contribution in [1.29, 1.82) is 0 Å². The van der Waals surface area contributed by atoms with Gasteiger partial charge in [-0.3, -0.25) is 38.3 Å². The van der Waals surface area contributed by atoms with E-state index in [2.05, 4.69) is 10.4 Å². The average Bonchev–Trinajstić information content (AvgIpc) is 3.77. The third kappa shape index (κ3) is 5.87. The molecule has 3 aliphatic rings. The van der Waals surface area contributed by atoms with Crippen molar-refractivity contribution in [2.75, 3.05) is 23.9 Å². The van der Waals surface area contributed by atoms with Gasteiger partial charge in [-0.15, -0.1) is 0 Å². The number of aromatic hydroxyl groups is 1. The number of anilines is 1. The van der Waals surface area contributed by atoms with Crippen molar-refractivity contribution in [3.63, 3.8) is 0 Å². The van der Waals surface area contributed by atoms with Crippen LogP contribution in [-0.2, 0) is 43.0 Å². The van der Waals surface area contributed by atoms with Crippen LogP contribution in [0.3, 0.4) is 0 Å². The number of hydrogen-bond acceptors (Lipinski definition) is 9. The zero-order valence-electron chi connectivity index (χ0n) is 28.3. The summed E-state index contributed by atoms with van der Waals surface area (Å²) in [4.78, 5) is 64.1. The average molecular weight is 745 g/mol. The van der Waals surface area contributed by atoms with Crippen LogP contribution < -0.4 is 20.0 Å². The largest absolute Gasteiger partial charge is 0.506 e. The summed E-state index contributed by atoms with van der Waals surface area (Å²) >= 11 is 0. The van der Waals surface area contributed by atoms with E-state index in [0.29, 0.717) is 52.4 Å². The van der Waals surface area contributed by atoms with Gasteiger partial charge in [0.25, 0.3) is 5.91 Å². The van der Waals surface area contributed by atoms with Crippen molar-refractivity contribution in [2.24, 2.45) is 7.05 Å². The molecule has 3 aromatic carbocycles. The molecule has 2 aromatic heterocycles. The molecule has 3 N–H and O–H groups in total. The topological polar surface area (TPSA) is 198 Å². The molecule has 53 heavy (non-hydrogen) atoms. The first-order valence-electron chi connectivity index (χ1n) is 16.9. The van der Waals surface area contributed by atoms with Crippen LogP contribution in [0.5, 0.6) is 5.75 Å². The Hall–Kier alpha value is -6.04. The summed E-state index contributed by atoms with van der Waals surface area (Å²) < 4.78 is 46.8. The smallest absolute Gasteiger partial charge is 0.329 e. The van der Waals surface area contributed by atoms with E-state index in [1.54, 1.807) is 41.2 Å². The van der Waals surface area contributed by atoms with E-state index in [1.165, 1.54) is 25.9 Å². The van der Waals surface area contributed by atoms with Gasteiger partial charge in [0.05, 0.1) is 17.2 Å². The number of piperidine rings is 2. The number of nitrogens with one attached hydrogen (secondary N) is 2. The normalized spacial score (nSPS) is 19.3. The quantitative estimate of drug-likeness (QED) is 0.217. The summed E-state index contributed by atoms with van der Waals surface area (Å²) in [6.45, 7) is 0.389. The van der Waals surface area contributed by atoms with E-state index in [1.807, 2.05) is 18.2 Å². The van der Waals surface area contributed by atoms with Crippen molar-refractivity contribution >= 4 is 61.3 Å². The van der Waals surface area contributed by atoms with Crippen molar-refractivity contribution in [3.8, 4) is 16.9 Å². The fraction of sp³-hybridized carbons (Fsp3) is 0.314. The van der Waals surface area contributed by atoms with Gasteiger partial charge in [-0.2, -0.15) is 13.5 Å². The van der Waals surface area contributed by atoms with E-state index < -0.39 is 51.9 Å². The van der Waals surface area contributed by atoms with Gasteiger partial charge in [0, 0.05) is 43.7 Å². The molecule has 3 saturated heterocycles. The number of nitrogens with zero attached hydrogens (tertiary/aromatic N) is 6. The van der Waals surface area contributed by atoms with Crippen LogP contribution in [0.25, 0.3) is 32.9 Å². The Kier molecular flexibility index (Phi) is 8.08. The lowest BCUT2D eigenvalue weighted by atomic mass is 9.89. The predicted octanol–water partition coefficient (Wildman–Crippen LogP) is 1.77. The van der Waals surface area contributed by atoms with Gasteiger partial charge >= 0.3 is 15.9 Å². The standard InChI is InChI=1S/C35H33FN8O8S/c1-40-27-13-21(3-5-25(27)44(35(40)50)26-6-7-29(46)38-34(26)49)19-8-10-41(11-9-19)31(48)18-42-16-23(15-37-42)20-2-4-24-22(12-20)14-28(45)33(32(24)36)43-17-30(47)39-53(43,51)52/h2-5,12-16,19,26,45H,6-11,17-18H2,1H3,(H,39,47)(H,38,46,49). The highest BCUT2D eigenvalue weighted by Crippen LogP contribution is 2.39. The van der Waals surface area contributed by atoms with Crippen LogP contribution in [0.1, 0.15) is 43.2 Å². The van der Waals surface area contributed by atoms with Crippen LogP contribution in [0.4, 0.5) is 10.1 Å². The zero-order chi connectivity index (χ0) is 37.3.